The Hall–Kier alpha value is -4.87. The van der Waals surface area contributed by atoms with Crippen molar-refractivity contribution in [3.8, 4) is 40.6 Å². The summed E-state index contributed by atoms with van der Waals surface area (Å²) in [6.45, 7) is 0. The molecule has 200 valence electrons. The first-order valence-corrected chi connectivity index (χ1v) is 10.0. The number of aromatic nitrogens is 8. The molecule has 5 rings (SSSR count). The summed E-state index contributed by atoms with van der Waals surface area (Å²) in [5, 5.41) is 24.1. The van der Waals surface area contributed by atoms with Gasteiger partial charge in [-0.05, 0) is 17.3 Å². The lowest BCUT2D eigenvalue weighted by atomic mass is 10.1. The van der Waals surface area contributed by atoms with Gasteiger partial charge in [0.25, 0.3) is 0 Å². The van der Waals surface area contributed by atoms with Gasteiger partial charge in [0.15, 0.2) is 28.7 Å². The van der Waals surface area contributed by atoms with Crippen LogP contribution in [0.5, 0.6) is 23.0 Å². The highest BCUT2D eigenvalue weighted by molar-refractivity contribution is 5.92. The monoisotopic (exact) mass is 542 g/mol. The van der Waals surface area contributed by atoms with E-state index in [0.29, 0.717) is 56.6 Å². The minimum Gasteiger partial charge on any atom is -0.493 e. The Bertz CT molecular complexity index is 1530. The number of methoxy groups -OCH3 is 4. The summed E-state index contributed by atoms with van der Waals surface area (Å²) in [6.07, 6.45) is 2.80. The molecule has 0 aliphatic heterocycles. The van der Waals surface area contributed by atoms with Crippen molar-refractivity contribution in [2.45, 2.75) is 7.43 Å². The van der Waals surface area contributed by atoms with Crippen molar-refractivity contribution in [2.75, 3.05) is 28.4 Å². The second kappa shape index (κ2) is 14.0. The number of benzene rings is 2. The van der Waals surface area contributed by atoms with E-state index < -0.39 is 0 Å². The van der Waals surface area contributed by atoms with Crippen LogP contribution in [-0.2, 0) is 0 Å². The van der Waals surface area contributed by atoms with Gasteiger partial charge in [-0.2, -0.15) is 10.5 Å². The second-order valence-electron chi connectivity index (χ2n) is 6.74. The van der Waals surface area contributed by atoms with Gasteiger partial charge in [-0.3, -0.25) is 0 Å². The molecule has 0 spiro atoms. The third-order valence-electron chi connectivity index (χ3n) is 4.94. The maximum absolute atomic E-state index is 8.91. The average Bonchev–Trinajstić information content (AvgIpc) is 3.45. The average molecular weight is 543 g/mol. The largest absolute Gasteiger partial charge is 0.493 e. The Morgan fingerprint density at radius 2 is 1.24 bits per heavy atom. The highest BCUT2D eigenvalue weighted by Crippen LogP contribution is 2.34. The number of tetrazole rings is 1. The number of ether oxygens (including phenoxy) is 4. The lowest BCUT2D eigenvalue weighted by Gasteiger charge is -2.09. The summed E-state index contributed by atoms with van der Waals surface area (Å²) in [7, 11) is 6.24. The van der Waals surface area contributed by atoms with Crippen LogP contribution in [0.3, 0.4) is 0 Å². The van der Waals surface area contributed by atoms with Gasteiger partial charge in [0.1, 0.15) is 24.4 Å². The van der Waals surface area contributed by atoms with E-state index in [1.165, 1.54) is 12.7 Å². The topological polar surface area (TPSA) is 202 Å². The Morgan fingerprint density at radius 3 is 1.74 bits per heavy atom. The fourth-order valence-electron chi connectivity index (χ4n) is 3.30. The summed E-state index contributed by atoms with van der Waals surface area (Å²) in [5.41, 5.74) is 2.28. The van der Waals surface area contributed by atoms with Crippen molar-refractivity contribution in [2.24, 2.45) is 0 Å². The zero-order valence-electron chi connectivity index (χ0n) is 20.3. The van der Waals surface area contributed by atoms with E-state index in [1.807, 2.05) is 6.07 Å². The number of nitriles is 1. The predicted octanol–water partition coefficient (Wildman–Crippen LogP) is 3.57. The van der Waals surface area contributed by atoms with Crippen LogP contribution in [0, 0.1) is 11.3 Å². The number of aromatic amines is 1. The van der Waals surface area contributed by atoms with E-state index in [4.69, 9.17) is 24.2 Å². The molecule has 0 bridgehead atoms. The molecule has 2 aromatic carbocycles. The van der Waals surface area contributed by atoms with Crippen molar-refractivity contribution in [3.05, 3.63) is 42.6 Å². The van der Waals surface area contributed by atoms with Crippen molar-refractivity contribution in [1.82, 2.24) is 46.7 Å². The summed E-state index contributed by atoms with van der Waals surface area (Å²) in [6, 6.07) is 9.00. The summed E-state index contributed by atoms with van der Waals surface area (Å²) in [5.74, 6) is 2.74. The van der Waals surface area contributed by atoms with Crippen molar-refractivity contribution in [3.63, 3.8) is 0 Å². The van der Waals surface area contributed by atoms with Gasteiger partial charge in [-0.15, -0.1) is 22.6 Å². The number of H-pyrrole nitrogens is 1. The standard InChI is InChI=1S/C11H10N6O2.C11H9N3O2.CH4.ClH.H3N/c1-18-8-3-6-7(4-9(8)19-2)12-5-13-10(6)11-14-16-17-15-11;1-15-10-3-7-8(4-11(10)16-2)13-6-14-9(7)5-12;;;/h3-5H,1-2H3,(H,14,15,16,17);3-4,6H,1-2H3;1H4;1H;1H3. The highest BCUT2D eigenvalue weighted by atomic mass is 35.5. The molecule has 15 heteroatoms. The maximum Gasteiger partial charge on any atom is 0.223 e. The number of hydrogen-bond donors (Lipinski definition) is 2. The molecule has 0 unspecified atom stereocenters. The second-order valence-corrected chi connectivity index (χ2v) is 6.74. The molecule has 3 aromatic heterocycles. The molecule has 0 aliphatic rings. The molecule has 38 heavy (non-hydrogen) atoms. The zero-order valence-corrected chi connectivity index (χ0v) is 21.1. The van der Waals surface area contributed by atoms with Crippen LogP contribution in [0.4, 0.5) is 0 Å². The predicted molar refractivity (Wildman–Crippen MR) is 142 cm³/mol. The molecule has 4 N–H and O–H groups in total. The van der Waals surface area contributed by atoms with Crippen molar-refractivity contribution < 1.29 is 18.9 Å². The maximum atomic E-state index is 8.91. The summed E-state index contributed by atoms with van der Waals surface area (Å²) < 4.78 is 20.8. The summed E-state index contributed by atoms with van der Waals surface area (Å²) >= 11 is 0. The van der Waals surface area contributed by atoms with Crippen molar-refractivity contribution >= 4 is 34.2 Å². The van der Waals surface area contributed by atoms with Crippen LogP contribution in [0.15, 0.2) is 36.9 Å². The number of rotatable bonds is 5. The number of nitrogens with one attached hydrogen (secondary N) is 1. The quantitative estimate of drug-likeness (QED) is 0.326. The van der Waals surface area contributed by atoms with Crippen LogP contribution in [0.25, 0.3) is 33.3 Å². The van der Waals surface area contributed by atoms with Gasteiger partial charge in [-0.1, -0.05) is 7.43 Å². The Morgan fingerprint density at radius 1 is 0.737 bits per heavy atom. The SMILES string of the molecule is C.COc1cc2ncnc(-c3nn[nH]n3)c2cc1OC.COc1cc2ncnc(C#N)c2cc1OC.Cl.N. The van der Waals surface area contributed by atoms with E-state index in [0.717, 1.165) is 5.39 Å². The van der Waals surface area contributed by atoms with Crippen LogP contribution in [0.2, 0.25) is 0 Å². The van der Waals surface area contributed by atoms with Gasteiger partial charge in [0, 0.05) is 22.9 Å². The zero-order chi connectivity index (χ0) is 24.8. The number of halogens is 1. The molecule has 0 saturated carbocycles. The van der Waals surface area contributed by atoms with Gasteiger partial charge in [0.05, 0.1) is 39.5 Å². The van der Waals surface area contributed by atoms with E-state index in [-0.39, 0.29) is 26.0 Å². The molecule has 0 aliphatic carbocycles. The van der Waals surface area contributed by atoms with E-state index in [1.54, 1.807) is 52.7 Å². The first-order valence-electron chi connectivity index (χ1n) is 10.0. The van der Waals surface area contributed by atoms with Gasteiger partial charge in [-0.25, -0.2) is 19.9 Å². The first kappa shape index (κ1) is 31.2. The van der Waals surface area contributed by atoms with Crippen LogP contribution >= 0.6 is 12.4 Å². The molecule has 0 saturated heterocycles. The first-order chi connectivity index (χ1) is 17.1. The molecular formula is C23H27ClN10O4. The highest BCUT2D eigenvalue weighted by Gasteiger charge is 2.14. The number of fused-ring (bicyclic) bond motifs is 2. The molecule has 14 nitrogen and oxygen atoms in total. The molecule has 0 atom stereocenters. The minimum absolute atomic E-state index is 0. The van der Waals surface area contributed by atoms with E-state index in [2.05, 4.69) is 40.6 Å². The Labute approximate surface area is 224 Å². The normalized spacial score (nSPS) is 9.45. The molecule has 0 radical (unpaired) electrons. The molecular weight excluding hydrogens is 516 g/mol. The molecule has 5 aromatic rings. The third-order valence-corrected chi connectivity index (χ3v) is 4.94. The fourth-order valence-corrected chi connectivity index (χ4v) is 3.30. The van der Waals surface area contributed by atoms with Crippen LogP contribution in [0.1, 0.15) is 13.1 Å². The smallest absolute Gasteiger partial charge is 0.223 e. The third kappa shape index (κ3) is 6.09. The molecule has 0 amide bonds. The number of nitrogens with zero attached hydrogens (tertiary/aromatic N) is 8. The lowest BCUT2D eigenvalue weighted by molar-refractivity contribution is 0.356. The van der Waals surface area contributed by atoms with Gasteiger partial charge < -0.3 is 25.1 Å². The molecule has 3 heterocycles. The van der Waals surface area contributed by atoms with Crippen LogP contribution in [-0.4, -0.2) is 69.0 Å². The molecule has 0 fully saturated rings. The van der Waals surface area contributed by atoms with Crippen molar-refractivity contribution in [1.29, 1.82) is 5.26 Å². The van der Waals surface area contributed by atoms with E-state index in [9.17, 15) is 0 Å². The Kier molecular flexibility index (Phi) is 11.5. The van der Waals surface area contributed by atoms with Gasteiger partial charge in [0.2, 0.25) is 5.82 Å². The van der Waals surface area contributed by atoms with Gasteiger partial charge >= 0.3 is 0 Å². The Balaban J connectivity index is 0.000000357. The van der Waals surface area contributed by atoms with Crippen LogP contribution < -0.4 is 25.1 Å². The number of hydrogen-bond acceptors (Lipinski definition) is 13. The fraction of sp³-hybridized carbons (Fsp3) is 0.217. The summed E-state index contributed by atoms with van der Waals surface area (Å²) in [4.78, 5) is 16.4. The van der Waals surface area contributed by atoms with E-state index >= 15 is 0 Å². The lowest BCUT2D eigenvalue weighted by Crippen LogP contribution is -1.95. The minimum atomic E-state index is 0.